The van der Waals surface area contributed by atoms with Crippen molar-refractivity contribution < 1.29 is 13.5 Å². The smallest absolute Gasteiger partial charge is 0.387 e. The number of hydrogen-bond donors (Lipinski definition) is 2. The lowest BCUT2D eigenvalue weighted by Gasteiger charge is -2.12. The van der Waals surface area contributed by atoms with Gasteiger partial charge >= 0.3 is 6.61 Å². The van der Waals surface area contributed by atoms with Crippen LogP contribution in [0, 0.1) is 0 Å². The molecule has 0 amide bonds. The maximum atomic E-state index is 11.8. The summed E-state index contributed by atoms with van der Waals surface area (Å²) >= 11 is 0. The highest BCUT2D eigenvalue weighted by Gasteiger charge is 2.07. The summed E-state index contributed by atoms with van der Waals surface area (Å²) in [7, 11) is 0. The Bertz CT molecular complexity index is 314. The second-order valence-electron chi connectivity index (χ2n) is 2.83. The van der Waals surface area contributed by atoms with E-state index in [9.17, 15) is 8.78 Å². The number of nitrogens with two attached hydrogens (primary N) is 1. The highest BCUT2D eigenvalue weighted by atomic mass is 19.3. The third-order valence-corrected chi connectivity index (χ3v) is 1.88. The predicted octanol–water partition coefficient (Wildman–Crippen LogP) is 1.98. The number of hydrazine groups is 1. The minimum Gasteiger partial charge on any atom is -0.435 e. The average Bonchev–Trinajstić information content (AvgIpc) is 2.21. The second kappa shape index (κ2) is 5.43. The van der Waals surface area contributed by atoms with Crippen LogP contribution in [-0.4, -0.2) is 6.61 Å². The second-order valence-corrected chi connectivity index (χ2v) is 2.83. The largest absolute Gasteiger partial charge is 0.435 e. The Labute approximate surface area is 86.5 Å². The quantitative estimate of drug-likeness (QED) is 0.447. The molecule has 1 aromatic rings. The third kappa shape index (κ3) is 3.30. The molecular weight excluding hydrogens is 202 g/mol. The van der Waals surface area contributed by atoms with Crippen molar-refractivity contribution in [2.45, 2.75) is 12.7 Å². The Morgan fingerprint density at radius 3 is 2.33 bits per heavy atom. The predicted molar refractivity (Wildman–Crippen MR) is 53.3 cm³/mol. The summed E-state index contributed by atoms with van der Waals surface area (Å²) < 4.78 is 27.9. The summed E-state index contributed by atoms with van der Waals surface area (Å²) in [6, 6.07) is 5.99. The molecule has 15 heavy (non-hydrogen) atoms. The Hall–Kier alpha value is -1.46. The molecule has 3 nitrogen and oxygen atoms in total. The van der Waals surface area contributed by atoms with Gasteiger partial charge in [-0.15, -0.1) is 6.58 Å². The van der Waals surface area contributed by atoms with Crippen molar-refractivity contribution in [2.24, 2.45) is 5.84 Å². The van der Waals surface area contributed by atoms with Crippen molar-refractivity contribution in [2.75, 3.05) is 0 Å². The first-order chi connectivity index (χ1) is 7.17. The number of hydrogen-bond acceptors (Lipinski definition) is 3. The van der Waals surface area contributed by atoms with Gasteiger partial charge in [-0.2, -0.15) is 8.78 Å². The van der Waals surface area contributed by atoms with Gasteiger partial charge in [0.1, 0.15) is 5.75 Å². The van der Waals surface area contributed by atoms with Crippen LogP contribution in [0.3, 0.4) is 0 Å². The van der Waals surface area contributed by atoms with Gasteiger partial charge in [0, 0.05) is 0 Å². The van der Waals surface area contributed by atoms with Crippen LogP contribution in [0.4, 0.5) is 8.78 Å². The molecule has 0 aliphatic carbocycles. The van der Waals surface area contributed by atoms with Crippen LogP contribution in [0.5, 0.6) is 5.75 Å². The average molecular weight is 214 g/mol. The van der Waals surface area contributed by atoms with Crippen LogP contribution in [-0.2, 0) is 0 Å². The lowest BCUT2D eigenvalue weighted by Crippen LogP contribution is -2.26. The normalized spacial score (nSPS) is 12.5. The van der Waals surface area contributed by atoms with Crippen molar-refractivity contribution in [3.05, 3.63) is 42.5 Å². The van der Waals surface area contributed by atoms with Crippen LogP contribution >= 0.6 is 0 Å². The molecular formula is C10H12F2N2O. The van der Waals surface area contributed by atoms with Crippen LogP contribution in [0.1, 0.15) is 11.6 Å². The van der Waals surface area contributed by atoms with Gasteiger partial charge in [0.25, 0.3) is 0 Å². The van der Waals surface area contributed by atoms with Gasteiger partial charge in [-0.3, -0.25) is 5.84 Å². The van der Waals surface area contributed by atoms with E-state index in [1.165, 1.54) is 12.1 Å². The van der Waals surface area contributed by atoms with E-state index in [1.807, 2.05) is 0 Å². The first-order valence-corrected chi connectivity index (χ1v) is 4.31. The third-order valence-electron chi connectivity index (χ3n) is 1.88. The Morgan fingerprint density at radius 1 is 1.33 bits per heavy atom. The van der Waals surface area contributed by atoms with Gasteiger partial charge in [0.15, 0.2) is 0 Å². The van der Waals surface area contributed by atoms with E-state index >= 15 is 0 Å². The zero-order valence-corrected chi connectivity index (χ0v) is 7.99. The van der Waals surface area contributed by atoms with Crippen LogP contribution < -0.4 is 16.0 Å². The molecule has 0 saturated carbocycles. The van der Waals surface area contributed by atoms with E-state index in [-0.39, 0.29) is 11.8 Å². The minimum atomic E-state index is -2.81. The Balaban J connectivity index is 2.75. The molecule has 0 aromatic heterocycles. The highest BCUT2D eigenvalue weighted by molar-refractivity contribution is 5.30. The zero-order chi connectivity index (χ0) is 11.3. The summed E-state index contributed by atoms with van der Waals surface area (Å²) in [5.41, 5.74) is 3.35. The highest BCUT2D eigenvalue weighted by Crippen LogP contribution is 2.19. The molecule has 1 unspecified atom stereocenters. The number of halogens is 2. The summed E-state index contributed by atoms with van der Waals surface area (Å²) in [5, 5.41) is 0. The number of rotatable bonds is 5. The van der Waals surface area contributed by atoms with Gasteiger partial charge in [0.05, 0.1) is 6.04 Å². The fourth-order valence-electron chi connectivity index (χ4n) is 1.16. The molecule has 0 heterocycles. The van der Waals surface area contributed by atoms with Gasteiger partial charge < -0.3 is 4.74 Å². The summed E-state index contributed by atoms with van der Waals surface area (Å²) in [5.74, 6) is 5.38. The fraction of sp³-hybridized carbons (Fsp3) is 0.200. The van der Waals surface area contributed by atoms with E-state index in [0.29, 0.717) is 0 Å². The zero-order valence-electron chi connectivity index (χ0n) is 7.99. The van der Waals surface area contributed by atoms with Crippen molar-refractivity contribution in [1.29, 1.82) is 0 Å². The molecule has 1 rings (SSSR count). The number of ether oxygens (including phenoxy) is 1. The van der Waals surface area contributed by atoms with E-state index in [1.54, 1.807) is 18.2 Å². The number of nitrogens with one attached hydrogen (secondary N) is 1. The van der Waals surface area contributed by atoms with Crippen LogP contribution in [0.15, 0.2) is 36.9 Å². The van der Waals surface area contributed by atoms with Crippen molar-refractivity contribution >= 4 is 0 Å². The molecule has 0 radical (unpaired) electrons. The van der Waals surface area contributed by atoms with Gasteiger partial charge in [-0.1, -0.05) is 18.2 Å². The summed E-state index contributed by atoms with van der Waals surface area (Å²) in [4.78, 5) is 0. The lowest BCUT2D eigenvalue weighted by atomic mass is 10.1. The number of benzene rings is 1. The summed E-state index contributed by atoms with van der Waals surface area (Å²) in [6.07, 6.45) is 1.61. The molecule has 5 heteroatoms. The molecule has 3 N–H and O–H groups in total. The van der Waals surface area contributed by atoms with Gasteiger partial charge in [-0.05, 0) is 17.7 Å². The molecule has 82 valence electrons. The first kappa shape index (κ1) is 11.6. The molecule has 0 aliphatic heterocycles. The minimum absolute atomic E-state index is 0.119. The molecule has 0 aliphatic rings. The van der Waals surface area contributed by atoms with Gasteiger partial charge in [-0.25, -0.2) is 5.43 Å². The van der Waals surface area contributed by atoms with E-state index in [2.05, 4.69) is 16.7 Å². The van der Waals surface area contributed by atoms with Gasteiger partial charge in [0.2, 0.25) is 0 Å². The molecule has 0 bridgehead atoms. The molecule has 0 spiro atoms. The maximum absolute atomic E-state index is 11.8. The number of alkyl halides is 2. The van der Waals surface area contributed by atoms with Crippen molar-refractivity contribution in [3.63, 3.8) is 0 Å². The monoisotopic (exact) mass is 214 g/mol. The molecule has 0 fully saturated rings. The van der Waals surface area contributed by atoms with E-state index < -0.39 is 6.61 Å². The van der Waals surface area contributed by atoms with E-state index in [0.717, 1.165) is 5.56 Å². The standard InChI is InChI=1S/C10H12F2N2O/c1-2-9(14-13)7-3-5-8(6-4-7)15-10(11)12/h2-6,9-10,14H,1,13H2. The molecule has 1 aromatic carbocycles. The van der Waals surface area contributed by atoms with Crippen LogP contribution in [0.2, 0.25) is 0 Å². The molecule has 0 saturated heterocycles. The lowest BCUT2D eigenvalue weighted by molar-refractivity contribution is -0.0498. The van der Waals surface area contributed by atoms with Crippen molar-refractivity contribution in [1.82, 2.24) is 5.43 Å². The summed E-state index contributed by atoms with van der Waals surface area (Å²) in [6.45, 7) is 0.779. The van der Waals surface area contributed by atoms with Crippen molar-refractivity contribution in [3.8, 4) is 5.75 Å². The van der Waals surface area contributed by atoms with Crippen LogP contribution in [0.25, 0.3) is 0 Å². The van der Waals surface area contributed by atoms with E-state index in [4.69, 9.17) is 5.84 Å². The Morgan fingerprint density at radius 2 is 1.93 bits per heavy atom. The SMILES string of the molecule is C=CC(NN)c1ccc(OC(F)F)cc1. The first-order valence-electron chi connectivity index (χ1n) is 4.31. The maximum Gasteiger partial charge on any atom is 0.387 e. The Kier molecular flexibility index (Phi) is 4.20. The fourth-order valence-corrected chi connectivity index (χ4v) is 1.16. The topological polar surface area (TPSA) is 47.3 Å². The molecule has 1 atom stereocenters.